The molecule has 0 amide bonds. The highest BCUT2D eigenvalue weighted by molar-refractivity contribution is 7.91. The summed E-state index contributed by atoms with van der Waals surface area (Å²) in [6, 6.07) is -0.0815. The number of hydrogen-bond donors (Lipinski definition) is 1. The monoisotopic (exact) mass is 265 g/mol. The highest BCUT2D eigenvalue weighted by atomic mass is 32.2. The van der Waals surface area contributed by atoms with Crippen LogP contribution in [0.15, 0.2) is 0 Å². The van der Waals surface area contributed by atoms with Gasteiger partial charge in [-0.05, 0) is 25.7 Å². The average molecular weight is 265 g/mol. The van der Waals surface area contributed by atoms with Crippen molar-refractivity contribution in [3.63, 3.8) is 0 Å². The average Bonchev–Trinajstić information content (AvgIpc) is 2.25. The van der Waals surface area contributed by atoms with E-state index in [0.717, 1.165) is 0 Å². The number of nitrogens with two attached hydrogens (primary N) is 1. The van der Waals surface area contributed by atoms with Gasteiger partial charge in [0.05, 0.1) is 11.9 Å². The molecule has 0 fully saturated rings. The summed E-state index contributed by atoms with van der Waals surface area (Å²) < 4.78 is 28.3. The van der Waals surface area contributed by atoms with E-state index in [1.54, 1.807) is 6.92 Å². The Morgan fingerprint density at radius 2 is 1.82 bits per heavy atom. The Bertz CT molecular complexity index is 288. The summed E-state index contributed by atoms with van der Waals surface area (Å²) in [4.78, 5) is 0. The van der Waals surface area contributed by atoms with E-state index in [9.17, 15) is 8.42 Å². The van der Waals surface area contributed by atoms with Gasteiger partial charge in [0.25, 0.3) is 0 Å². The van der Waals surface area contributed by atoms with Gasteiger partial charge in [0.1, 0.15) is 9.84 Å². The van der Waals surface area contributed by atoms with Gasteiger partial charge in [-0.25, -0.2) is 8.42 Å². The van der Waals surface area contributed by atoms with Crippen LogP contribution in [-0.2, 0) is 14.6 Å². The Kier molecular flexibility index (Phi) is 8.00. The second-order valence-electron chi connectivity index (χ2n) is 4.71. The van der Waals surface area contributed by atoms with E-state index in [1.165, 1.54) is 0 Å². The molecule has 0 aliphatic heterocycles. The molecule has 0 aliphatic carbocycles. The zero-order valence-electron chi connectivity index (χ0n) is 11.5. The molecule has 2 atom stereocenters. The second-order valence-corrected chi connectivity index (χ2v) is 7.18. The summed E-state index contributed by atoms with van der Waals surface area (Å²) in [7, 11) is -2.87. The molecular formula is C12H27NO3S. The molecule has 0 heterocycles. The van der Waals surface area contributed by atoms with Crippen LogP contribution < -0.4 is 5.73 Å². The van der Waals surface area contributed by atoms with Crippen LogP contribution in [0.2, 0.25) is 0 Å². The van der Waals surface area contributed by atoms with Gasteiger partial charge in [0.2, 0.25) is 0 Å². The van der Waals surface area contributed by atoms with E-state index in [-0.39, 0.29) is 23.7 Å². The summed E-state index contributed by atoms with van der Waals surface area (Å²) in [6.45, 7) is 8.41. The van der Waals surface area contributed by atoms with E-state index >= 15 is 0 Å². The Labute approximate surface area is 106 Å². The maximum atomic E-state index is 11.3. The lowest BCUT2D eigenvalue weighted by molar-refractivity contribution is 0.0108. The van der Waals surface area contributed by atoms with Crippen molar-refractivity contribution < 1.29 is 13.2 Å². The van der Waals surface area contributed by atoms with Crippen LogP contribution >= 0.6 is 0 Å². The quantitative estimate of drug-likeness (QED) is 0.687. The number of hydrogen-bond acceptors (Lipinski definition) is 4. The largest absolute Gasteiger partial charge is 0.377 e. The first-order valence-corrected chi connectivity index (χ1v) is 8.23. The maximum Gasteiger partial charge on any atom is 0.150 e. The minimum atomic E-state index is -2.87. The third kappa shape index (κ3) is 7.01. The van der Waals surface area contributed by atoms with Crippen LogP contribution in [0.4, 0.5) is 0 Å². The van der Waals surface area contributed by atoms with Gasteiger partial charge in [-0.1, -0.05) is 20.8 Å². The van der Waals surface area contributed by atoms with E-state index < -0.39 is 9.84 Å². The summed E-state index contributed by atoms with van der Waals surface area (Å²) >= 11 is 0. The second kappa shape index (κ2) is 8.06. The molecule has 2 N–H and O–H groups in total. The molecule has 0 aliphatic rings. The number of ether oxygens (including phenoxy) is 1. The smallest absolute Gasteiger partial charge is 0.150 e. The van der Waals surface area contributed by atoms with E-state index in [2.05, 4.69) is 13.8 Å². The summed E-state index contributed by atoms with van der Waals surface area (Å²) in [5, 5.41) is 0. The molecule has 104 valence electrons. The molecule has 0 spiro atoms. The summed E-state index contributed by atoms with van der Waals surface area (Å²) in [5.41, 5.74) is 6.06. The van der Waals surface area contributed by atoms with E-state index in [0.29, 0.717) is 25.4 Å². The molecule has 0 aromatic heterocycles. The Balaban J connectivity index is 4.10. The van der Waals surface area contributed by atoms with Crippen molar-refractivity contribution in [2.24, 2.45) is 11.7 Å². The third-order valence-corrected chi connectivity index (χ3v) is 4.66. The van der Waals surface area contributed by atoms with Crippen molar-refractivity contribution in [2.75, 3.05) is 18.1 Å². The molecule has 0 aromatic carbocycles. The van der Waals surface area contributed by atoms with Crippen LogP contribution in [0.5, 0.6) is 0 Å². The predicted octanol–water partition coefficient (Wildman–Crippen LogP) is 1.59. The first-order valence-electron chi connectivity index (χ1n) is 6.41. The van der Waals surface area contributed by atoms with E-state index in [1.807, 2.05) is 6.92 Å². The standard InChI is InChI=1S/C12H27NO3S/c1-5-16-12(10(3)4)11(13)8-7-9-17(14,15)6-2/h10-12H,5-9,13H2,1-4H3. The topological polar surface area (TPSA) is 69.4 Å². The lowest BCUT2D eigenvalue weighted by Gasteiger charge is -2.27. The number of rotatable bonds is 9. The predicted molar refractivity (Wildman–Crippen MR) is 71.8 cm³/mol. The Hall–Kier alpha value is -0.130. The zero-order chi connectivity index (χ0) is 13.5. The molecule has 0 radical (unpaired) electrons. The molecule has 0 saturated carbocycles. The van der Waals surface area contributed by atoms with Gasteiger partial charge < -0.3 is 10.5 Å². The van der Waals surface area contributed by atoms with Crippen LogP contribution in [0.3, 0.4) is 0 Å². The molecule has 0 saturated heterocycles. The molecule has 0 bridgehead atoms. The van der Waals surface area contributed by atoms with Gasteiger partial charge >= 0.3 is 0 Å². The molecule has 5 heteroatoms. The molecular weight excluding hydrogens is 238 g/mol. The molecule has 17 heavy (non-hydrogen) atoms. The number of sulfone groups is 1. The van der Waals surface area contributed by atoms with Crippen LogP contribution in [0, 0.1) is 5.92 Å². The molecule has 2 unspecified atom stereocenters. The van der Waals surface area contributed by atoms with Crippen molar-refractivity contribution in [3.8, 4) is 0 Å². The van der Waals surface area contributed by atoms with Crippen molar-refractivity contribution in [3.05, 3.63) is 0 Å². The Morgan fingerprint density at radius 1 is 1.24 bits per heavy atom. The van der Waals surface area contributed by atoms with Crippen molar-refractivity contribution in [1.29, 1.82) is 0 Å². The molecule has 0 aromatic rings. The van der Waals surface area contributed by atoms with Crippen LogP contribution in [0.1, 0.15) is 40.5 Å². The van der Waals surface area contributed by atoms with Crippen LogP contribution in [-0.4, -0.2) is 38.7 Å². The maximum absolute atomic E-state index is 11.3. The lowest BCUT2D eigenvalue weighted by atomic mass is 9.97. The minimum absolute atomic E-state index is 0.0179. The van der Waals surface area contributed by atoms with Crippen molar-refractivity contribution in [2.45, 2.75) is 52.7 Å². The summed E-state index contributed by atoms with van der Waals surface area (Å²) in [6.07, 6.45) is 1.33. The summed E-state index contributed by atoms with van der Waals surface area (Å²) in [5.74, 6) is 0.794. The third-order valence-electron chi connectivity index (χ3n) is 2.87. The first-order chi connectivity index (χ1) is 7.84. The first kappa shape index (κ1) is 16.9. The van der Waals surface area contributed by atoms with Gasteiger partial charge in [0.15, 0.2) is 0 Å². The SMILES string of the molecule is CCOC(C(C)C)C(N)CCCS(=O)(=O)CC. The van der Waals surface area contributed by atoms with Gasteiger partial charge in [-0.15, -0.1) is 0 Å². The normalized spacial score (nSPS) is 16.1. The fourth-order valence-corrected chi connectivity index (χ4v) is 2.75. The fourth-order valence-electron chi connectivity index (χ4n) is 1.85. The van der Waals surface area contributed by atoms with Crippen molar-refractivity contribution >= 4 is 9.84 Å². The molecule has 0 rings (SSSR count). The van der Waals surface area contributed by atoms with Gasteiger partial charge in [-0.3, -0.25) is 0 Å². The minimum Gasteiger partial charge on any atom is -0.377 e. The lowest BCUT2D eigenvalue weighted by Crippen LogP contribution is -2.40. The van der Waals surface area contributed by atoms with Crippen molar-refractivity contribution in [1.82, 2.24) is 0 Å². The highest BCUT2D eigenvalue weighted by Gasteiger charge is 2.21. The highest BCUT2D eigenvalue weighted by Crippen LogP contribution is 2.14. The fraction of sp³-hybridized carbons (Fsp3) is 1.00. The zero-order valence-corrected chi connectivity index (χ0v) is 12.3. The van der Waals surface area contributed by atoms with Gasteiger partial charge in [0, 0.05) is 18.4 Å². The van der Waals surface area contributed by atoms with E-state index in [4.69, 9.17) is 10.5 Å². The van der Waals surface area contributed by atoms with Gasteiger partial charge in [-0.2, -0.15) is 0 Å². The Morgan fingerprint density at radius 3 is 2.24 bits per heavy atom. The molecule has 4 nitrogen and oxygen atoms in total. The van der Waals surface area contributed by atoms with Crippen LogP contribution in [0.25, 0.3) is 0 Å².